The molecule has 0 radical (unpaired) electrons. The third-order valence-corrected chi connectivity index (χ3v) is 3.74. The normalized spacial score (nSPS) is 11.6. The zero-order chi connectivity index (χ0) is 13.5. The van der Waals surface area contributed by atoms with Gasteiger partial charge in [-0.3, -0.25) is 10.2 Å². The van der Waals surface area contributed by atoms with Crippen LogP contribution < -0.4 is 16.8 Å². The van der Waals surface area contributed by atoms with Crippen LogP contribution in [0.25, 0.3) is 0 Å². The third-order valence-electron chi connectivity index (χ3n) is 1.92. The highest BCUT2D eigenvalue weighted by atomic mass is 32.2. The van der Waals surface area contributed by atoms with E-state index in [2.05, 4.69) is 10.3 Å². The summed E-state index contributed by atoms with van der Waals surface area (Å²) in [7, 11) is 0. The van der Waals surface area contributed by atoms with Crippen molar-refractivity contribution in [1.82, 2.24) is 5.32 Å². The fourth-order valence-electron chi connectivity index (χ4n) is 1.18. The zero-order valence-electron chi connectivity index (χ0n) is 9.84. The lowest BCUT2D eigenvalue weighted by Crippen LogP contribution is -2.28. The smallest absolute Gasteiger partial charge is 0.230 e. The Hall–Kier alpha value is -1.54. The summed E-state index contributed by atoms with van der Waals surface area (Å²) >= 11 is 2.57. The van der Waals surface area contributed by atoms with Crippen LogP contribution in [0.5, 0.6) is 0 Å². The van der Waals surface area contributed by atoms with Gasteiger partial charge >= 0.3 is 0 Å². The molecule has 1 aromatic heterocycles. The van der Waals surface area contributed by atoms with Crippen LogP contribution in [0, 0.1) is 5.41 Å². The van der Waals surface area contributed by atoms with Gasteiger partial charge in [-0.1, -0.05) is 17.8 Å². The SMILES string of the molecule is CC(NC(=O)CSC(=N)N=C(N)N)c1cccs1. The minimum Gasteiger partial charge on any atom is -0.370 e. The average molecular weight is 285 g/mol. The van der Waals surface area contributed by atoms with Gasteiger partial charge in [0.1, 0.15) is 0 Å². The van der Waals surface area contributed by atoms with Gasteiger partial charge in [0.2, 0.25) is 5.91 Å². The second-order valence-corrected chi connectivity index (χ2v) is 5.38. The number of nitrogens with zero attached hydrogens (tertiary/aromatic N) is 1. The van der Waals surface area contributed by atoms with Gasteiger partial charge in [-0.2, -0.15) is 4.99 Å². The number of thioether (sulfide) groups is 1. The molecule has 0 spiro atoms. The van der Waals surface area contributed by atoms with E-state index in [-0.39, 0.29) is 28.8 Å². The van der Waals surface area contributed by atoms with Crippen molar-refractivity contribution in [3.05, 3.63) is 22.4 Å². The first-order valence-electron chi connectivity index (χ1n) is 5.12. The van der Waals surface area contributed by atoms with Gasteiger partial charge in [0.05, 0.1) is 11.8 Å². The van der Waals surface area contributed by atoms with E-state index in [0.717, 1.165) is 16.6 Å². The largest absolute Gasteiger partial charge is 0.370 e. The van der Waals surface area contributed by atoms with Crippen LogP contribution in [0.1, 0.15) is 17.8 Å². The molecular weight excluding hydrogens is 270 g/mol. The van der Waals surface area contributed by atoms with Gasteiger partial charge < -0.3 is 16.8 Å². The minimum absolute atomic E-state index is 0.0321. The predicted molar refractivity (Wildman–Crippen MR) is 76.9 cm³/mol. The maximum atomic E-state index is 11.6. The molecular formula is C10H15N5OS2. The Labute approximate surface area is 113 Å². The van der Waals surface area contributed by atoms with Crippen LogP contribution in [-0.4, -0.2) is 22.8 Å². The van der Waals surface area contributed by atoms with E-state index in [0.29, 0.717) is 0 Å². The van der Waals surface area contributed by atoms with Crippen molar-refractivity contribution in [2.24, 2.45) is 16.5 Å². The molecule has 1 unspecified atom stereocenters. The van der Waals surface area contributed by atoms with Gasteiger partial charge in [-0.15, -0.1) is 11.3 Å². The quantitative estimate of drug-likeness (QED) is 0.485. The van der Waals surface area contributed by atoms with Crippen LogP contribution in [0.2, 0.25) is 0 Å². The lowest BCUT2D eigenvalue weighted by atomic mass is 10.3. The molecule has 1 heterocycles. The highest BCUT2D eigenvalue weighted by molar-refractivity contribution is 8.14. The van der Waals surface area contributed by atoms with E-state index in [1.165, 1.54) is 0 Å². The van der Waals surface area contributed by atoms with Crippen molar-refractivity contribution >= 4 is 40.1 Å². The number of hydrogen-bond donors (Lipinski definition) is 4. The molecule has 8 heteroatoms. The Balaban J connectivity index is 2.34. The summed E-state index contributed by atoms with van der Waals surface area (Å²) in [6.07, 6.45) is 0. The van der Waals surface area contributed by atoms with Crippen molar-refractivity contribution in [2.75, 3.05) is 5.75 Å². The second-order valence-electron chi connectivity index (χ2n) is 3.44. The number of amidine groups is 1. The van der Waals surface area contributed by atoms with Crippen molar-refractivity contribution in [1.29, 1.82) is 5.41 Å². The summed E-state index contributed by atoms with van der Waals surface area (Å²) in [5, 5.41) is 12.1. The van der Waals surface area contributed by atoms with Crippen molar-refractivity contribution < 1.29 is 4.79 Å². The Bertz CT molecular complexity index is 439. The van der Waals surface area contributed by atoms with Crippen molar-refractivity contribution in [3.8, 4) is 0 Å². The van der Waals surface area contributed by atoms with Gasteiger partial charge in [-0.05, 0) is 18.4 Å². The zero-order valence-corrected chi connectivity index (χ0v) is 11.5. The first-order chi connectivity index (χ1) is 8.49. The molecule has 0 aliphatic heterocycles. The predicted octanol–water partition coefficient (Wildman–Crippen LogP) is 0.867. The van der Waals surface area contributed by atoms with Gasteiger partial charge in [0, 0.05) is 4.88 Å². The monoisotopic (exact) mass is 285 g/mol. The molecule has 1 aromatic rings. The number of hydrogen-bond acceptors (Lipinski definition) is 4. The molecule has 1 rings (SSSR count). The summed E-state index contributed by atoms with van der Waals surface area (Å²) in [5.41, 5.74) is 10.2. The summed E-state index contributed by atoms with van der Waals surface area (Å²) in [6, 6.07) is 3.87. The Morgan fingerprint density at radius 2 is 2.39 bits per heavy atom. The maximum absolute atomic E-state index is 11.6. The number of aliphatic imine (C=N–C) groups is 1. The third kappa shape index (κ3) is 5.19. The van der Waals surface area contributed by atoms with E-state index >= 15 is 0 Å². The lowest BCUT2D eigenvalue weighted by molar-refractivity contribution is -0.119. The molecule has 1 amide bonds. The van der Waals surface area contributed by atoms with E-state index < -0.39 is 0 Å². The number of rotatable bonds is 4. The fourth-order valence-corrected chi connectivity index (χ4v) is 2.43. The molecule has 18 heavy (non-hydrogen) atoms. The molecule has 6 N–H and O–H groups in total. The van der Waals surface area contributed by atoms with Crippen LogP contribution >= 0.6 is 23.1 Å². The van der Waals surface area contributed by atoms with E-state index in [1.807, 2.05) is 24.4 Å². The summed E-state index contributed by atoms with van der Waals surface area (Å²) in [6.45, 7) is 1.91. The molecule has 6 nitrogen and oxygen atoms in total. The topological polar surface area (TPSA) is 117 Å². The van der Waals surface area contributed by atoms with Crippen LogP contribution in [0.4, 0.5) is 0 Å². The molecule has 0 saturated heterocycles. The molecule has 0 saturated carbocycles. The van der Waals surface area contributed by atoms with Gasteiger partial charge in [-0.25, -0.2) is 0 Å². The van der Waals surface area contributed by atoms with E-state index in [1.54, 1.807) is 11.3 Å². The van der Waals surface area contributed by atoms with Crippen molar-refractivity contribution in [3.63, 3.8) is 0 Å². The summed E-state index contributed by atoms with van der Waals surface area (Å²) < 4.78 is 0. The summed E-state index contributed by atoms with van der Waals surface area (Å²) in [5.74, 6) is -0.220. The number of nitrogens with two attached hydrogens (primary N) is 2. The second kappa shape index (κ2) is 7.02. The molecule has 1 atom stereocenters. The fraction of sp³-hybridized carbons (Fsp3) is 0.300. The Morgan fingerprint density at radius 3 is 2.94 bits per heavy atom. The summed E-state index contributed by atoms with van der Waals surface area (Å²) in [4.78, 5) is 16.2. The van der Waals surface area contributed by atoms with E-state index in [9.17, 15) is 4.79 Å². The highest BCUT2D eigenvalue weighted by Gasteiger charge is 2.11. The molecule has 0 bridgehead atoms. The number of guanidine groups is 1. The standard InChI is InChI=1S/C10H15N5OS2/c1-6(7-3-2-4-17-7)14-8(16)5-18-10(13)15-9(11)12/h2-4,6H,5H2,1H3,(H,14,16)(H5,11,12,13,15). The molecule has 98 valence electrons. The first kappa shape index (κ1) is 14.5. The Kier molecular flexibility index (Phi) is 5.66. The lowest BCUT2D eigenvalue weighted by Gasteiger charge is -2.11. The number of nitrogens with one attached hydrogen (secondary N) is 2. The number of amides is 1. The minimum atomic E-state index is -0.181. The van der Waals surface area contributed by atoms with Crippen LogP contribution in [-0.2, 0) is 4.79 Å². The number of carbonyl (C=O) groups is 1. The van der Waals surface area contributed by atoms with Gasteiger partial charge in [0.25, 0.3) is 0 Å². The average Bonchev–Trinajstić information content (AvgIpc) is 2.78. The van der Waals surface area contributed by atoms with Crippen molar-refractivity contribution in [2.45, 2.75) is 13.0 Å². The van der Waals surface area contributed by atoms with E-state index in [4.69, 9.17) is 16.9 Å². The highest BCUT2D eigenvalue weighted by Crippen LogP contribution is 2.18. The molecule has 0 fully saturated rings. The van der Waals surface area contributed by atoms with Crippen LogP contribution in [0.3, 0.4) is 0 Å². The number of thiophene rings is 1. The number of carbonyl (C=O) groups excluding carboxylic acids is 1. The maximum Gasteiger partial charge on any atom is 0.230 e. The van der Waals surface area contributed by atoms with Gasteiger partial charge in [0.15, 0.2) is 11.1 Å². The first-order valence-corrected chi connectivity index (χ1v) is 6.99. The molecule has 0 aromatic carbocycles. The molecule has 0 aliphatic carbocycles. The molecule has 0 aliphatic rings. The Morgan fingerprint density at radius 1 is 1.67 bits per heavy atom. The van der Waals surface area contributed by atoms with Crippen LogP contribution in [0.15, 0.2) is 22.5 Å².